The van der Waals surface area contributed by atoms with Gasteiger partial charge < -0.3 is 0 Å². The molecule has 0 N–H and O–H groups in total. The van der Waals surface area contributed by atoms with E-state index >= 15 is 0 Å². The maximum atomic E-state index is 12.5. The second-order valence-electron chi connectivity index (χ2n) is 3.53. The van der Waals surface area contributed by atoms with Gasteiger partial charge in [0.15, 0.2) is 0 Å². The van der Waals surface area contributed by atoms with Crippen LogP contribution in [0, 0.1) is 18.8 Å². The molecule has 0 aliphatic carbocycles. The van der Waals surface area contributed by atoms with E-state index in [-0.39, 0.29) is 12.1 Å². The molecule has 0 aliphatic heterocycles. The van der Waals surface area contributed by atoms with Gasteiger partial charge in [-0.1, -0.05) is 17.0 Å². The summed E-state index contributed by atoms with van der Waals surface area (Å²) in [6, 6.07) is 3.74. The van der Waals surface area contributed by atoms with Gasteiger partial charge in [0.2, 0.25) is 0 Å². The molecule has 1 aromatic rings. The van der Waals surface area contributed by atoms with Crippen molar-refractivity contribution >= 4 is 0 Å². The molecule has 0 atom stereocenters. The first-order valence-corrected chi connectivity index (χ1v) is 5.12. The predicted molar refractivity (Wildman–Crippen MR) is 61.7 cm³/mol. The third-order valence-corrected chi connectivity index (χ3v) is 2.16. The summed E-state index contributed by atoms with van der Waals surface area (Å²) >= 11 is 0. The van der Waals surface area contributed by atoms with Crippen LogP contribution in [0.1, 0.15) is 23.1 Å². The fourth-order valence-electron chi connectivity index (χ4n) is 1.37. The van der Waals surface area contributed by atoms with E-state index in [4.69, 9.17) is 5.53 Å². The van der Waals surface area contributed by atoms with E-state index in [2.05, 4.69) is 21.9 Å². The number of nitrogens with zero attached hydrogens (tertiary/aromatic N) is 3. The van der Waals surface area contributed by atoms with Crippen LogP contribution in [0.5, 0.6) is 0 Å². The van der Waals surface area contributed by atoms with Gasteiger partial charge in [0.05, 0.1) is 5.56 Å². The summed E-state index contributed by atoms with van der Waals surface area (Å²) in [5.41, 5.74) is 8.04. The van der Waals surface area contributed by atoms with E-state index in [9.17, 15) is 13.2 Å². The molecule has 3 nitrogen and oxygen atoms in total. The Morgan fingerprint density at radius 2 is 2.11 bits per heavy atom. The summed E-state index contributed by atoms with van der Waals surface area (Å²) in [4.78, 5) is 2.57. The van der Waals surface area contributed by atoms with Crippen molar-refractivity contribution in [1.82, 2.24) is 0 Å². The van der Waals surface area contributed by atoms with Crippen LogP contribution in [0.2, 0.25) is 0 Å². The minimum Gasteiger partial charge on any atom is -0.166 e. The first-order chi connectivity index (χ1) is 8.45. The van der Waals surface area contributed by atoms with Gasteiger partial charge in [-0.2, -0.15) is 13.2 Å². The van der Waals surface area contributed by atoms with Crippen LogP contribution in [0.15, 0.2) is 23.3 Å². The Morgan fingerprint density at radius 1 is 1.39 bits per heavy atom. The largest absolute Gasteiger partial charge is 0.416 e. The molecule has 1 rings (SSSR count). The van der Waals surface area contributed by atoms with Crippen LogP contribution in [-0.4, -0.2) is 6.54 Å². The summed E-state index contributed by atoms with van der Waals surface area (Å²) in [6.45, 7) is 1.65. The zero-order valence-corrected chi connectivity index (χ0v) is 9.62. The first kappa shape index (κ1) is 13.9. The molecule has 0 saturated carbocycles. The van der Waals surface area contributed by atoms with Crippen LogP contribution < -0.4 is 0 Å². The average Bonchev–Trinajstić information content (AvgIpc) is 2.27. The normalized spacial score (nSPS) is 10.2. The number of halogens is 3. The lowest BCUT2D eigenvalue weighted by Crippen LogP contribution is -2.07. The van der Waals surface area contributed by atoms with Crippen molar-refractivity contribution in [2.75, 3.05) is 6.54 Å². The van der Waals surface area contributed by atoms with Crippen LogP contribution in [0.25, 0.3) is 10.4 Å². The summed E-state index contributed by atoms with van der Waals surface area (Å²) < 4.78 is 37.5. The minimum atomic E-state index is -4.34. The molecule has 0 aromatic heterocycles. The van der Waals surface area contributed by atoms with E-state index in [1.54, 1.807) is 0 Å². The quantitative estimate of drug-likeness (QED) is 0.251. The number of hydrogen-bond donors (Lipinski definition) is 0. The van der Waals surface area contributed by atoms with Crippen molar-refractivity contribution in [2.24, 2.45) is 5.11 Å². The van der Waals surface area contributed by atoms with Crippen molar-refractivity contribution in [1.29, 1.82) is 0 Å². The maximum Gasteiger partial charge on any atom is 0.416 e. The van der Waals surface area contributed by atoms with Crippen LogP contribution >= 0.6 is 0 Å². The van der Waals surface area contributed by atoms with Crippen LogP contribution in [0.4, 0.5) is 13.2 Å². The fourth-order valence-corrected chi connectivity index (χ4v) is 1.37. The summed E-state index contributed by atoms with van der Waals surface area (Å²) in [6.07, 6.45) is -3.96. The second kappa shape index (κ2) is 5.99. The average molecular weight is 253 g/mol. The van der Waals surface area contributed by atoms with Crippen LogP contribution in [-0.2, 0) is 6.18 Å². The summed E-state index contributed by atoms with van der Waals surface area (Å²) in [5, 5.41) is 3.30. The molecular weight excluding hydrogens is 243 g/mol. The molecule has 0 amide bonds. The topological polar surface area (TPSA) is 48.8 Å². The van der Waals surface area contributed by atoms with E-state index in [0.717, 1.165) is 6.07 Å². The smallest absolute Gasteiger partial charge is 0.166 e. The van der Waals surface area contributed by atoms with Gasteiger partial charge in [0.25, 0.3) is 0 Å². The van der Waals surface area contributed by atoms with Gasteiger partial charge in [-0.15, -0.1) is 0 Å². The number of aryl methyl sites for hydroxylation is 1. The third-order valence-electron chi connectivity index (χ3n) is 2.16. The molecule has 0 heterocycles. The number of rotatable bonds is 2. The van der Waals surface area contributed by atoms with Gasteiger partial charge in [-0.3, -0.25) is 0 Å². The van der Waals surface area contributed by atoms with Gasteiger partial charge in [-0.25, -0.2) is 0 Å². The molecule has 0 saturated heterocycles. The van der Waals surface area contributed by atoms with Crippen molar-refractivity contribution < 1.29 is 13.2 Å². The number of alkyl halides is 3. The molecule has 0 fully saturated rings. The lowest BCUT2D eigenvalue weighted by Gasteiger charge is -2.09. The van der Waals surface area contributed by atoms with Crippen molar-refractivity contribution in [3.05, 3.63) is 45.3 Å². The van der Waals surface area contributed by atoms with Gasteiger partial charge in [0, 0.05) is 23.4 Å². The molecular formula is C12H10F3N3. The molecule has 0 bridgehead atoms. The number of hydrogen-bond acceptors (Lipinski definition) is 1. The SMILES string of the molecule is Cc1cc(C#CCCN=[N+]=[N-])ccc1C(F)(F)F. The van der Waals surface area contributed by atoms with Gasteiger partial charge in [-0.05, 0) is 36.2 Å². The molecule has 0 radical (unpaired) electrons. The molecule has 94 valence electrons. The molecule has 18 heavy (non-hydrogen) atoms. The van der Waals surface area contributed by atoms with E-state index in [0.29, 0.717) is 12.0 Å². The Balaban J connectivity index is 2.82. The summed E-state index contributed by atoms with van der Waals surface area (Å²) in [5.74, 6) is 5.45. The van der Waals surface area contributed by atoms with Crippen LogP contribution in [0.3, 0.4) is 0 Å². The minimum absolute atomic E-state index is 0.143. The van der Waals surface area contributed by atoms with Crippen molar-refractivity contribution in [3.63, 3.8) is 0 Å². The Morgan fingerprint density at radius 3 is 2.67 bits per heavy atom. The van der Waals surface area contributed by atoms with Gasteiger partial charge >= 0.3 is 6.18 Å². The number of benzene rings is 1. The highest BCUT2D eigenvalue weighted by atomic mass is 19.4. The third kappa shape index (κ3) is 4.04. The molecule has 0 aliphatic rings. The molecule has 1 aromatic carbocycles. The molecule has 6 heteroatoms. The Bertz CT molecular complexity index is 532. The highest BCUT2D eigenvalue weighted by molar-refractivity contribution is 5.41. The van der Waals surface area contributed by atoms with Gasteiger partial charge in [0.1, 0.15) is 0 Å². The van der Waals surface area contributed by atoms with E-state index < -0.39 is 11.7 Å². The Hall–Kier alpha value is -2.12. The van der Waals surface area contributed by atoms with Crippen molar-refractivity contribution in [2.45, 2.75) is 19.5 Å². The second-order valence-corrected chi connectivity index (χ2v) is 3.53. The first-order valence-electron chi connectivity index (χ1n) is 5.12. The molecule has 0 spiro atoms. The highest BCUT2D eigenvalue weighted by Gasteiger charge is 2.31. The van der Waals surface area contributed by atoms with E-state index in [1.807, 2.05) is 0 Å². The highest BCUT2D eigenvalue weighted by Crippen LogP contribution is 2.31. The monoisotopic (exact) mass is 253 g/mol. The lowest BCUT2D eigenvalue weighted by atomic mass is 10.0. The Labute approximate surface area is 102 Å². The lowest BCUT2D eigenvalue weighted by molar-refractivity contribution is -0.138. The maximum absolute atomic E-state index is 12.5. The molecule has 0 unspecified atom stereocenters. The summed E-state index contributed by atoms with van der Waals surface area (Å²) in [7, 11) is 0. The van der Waals surface area contributed by atoms with E-state index in [1.165, 1.54) is 19.1 Å². The standard InChI is InChI=1S/C12H10F3N3/c1-9-8-10(4-2-3-7-17-18-16)5-6-11(9)12(13,14)15/h5-6,8H,3,7H2,1H3. The zero-order chi connectivity index (χ0) is 13.6. The Kier molecular flexibility index (Phi) is 4.64. The predicted octanol–water partition coefficient (Wildman–Crippen LogP) is 4.07. The van der Waals surface area contributed by atoms with Crippen molar-refractivity contribution in [3.8, 4) is 11.8 Å². The number of azide groups is 1. The fraction of sp³-hybridized carbons (Fsp3) is 0.333. The zero-order valence-electron chi connectivity index (χ0n) is 9.62.